The Hall–Kier alpha value is -2.82. The Kier molecular flexibility index (Phi) is 3.26. The highest BCUT2D eigenvalue weighted by atomic mass is 16.5. The van der Waals surface area contributed by atoms with Crippen LogP contribution in [0.4, 0.5) is 0 Å². The molecule has 0 fully saturated rings. The third-order valence-corrected chi connectivity index (χ3v) is 4.13. The summed E-state index contributed by atoms with van der Waals surface area (Å²) in [5, 5.41) is 0.914. The molecule has 1 aliphatic rings. The van der Waals surface area contributed by atoms with E-state index in [9.17, 15) is 9.59 Å². The fourth-order valence-corrected chi connectivity index (χ4v) is 3.04. The largest absolute Gasteiger partial charge is 0.457 e. The summed E-state index contributed by atoms with van der Waals surface area (Å²) in [6.07, 6.45) is 5.14. The number of ether oxygens (including phenoxy) is 1. The molecule has 0 radical (unpaired) electrons. The van der Waals surface area contributed by atoms with Crippen LogP contribution < -0.4 is 10.4 Å². The summed E-state index contributed by atoms with van der Waals surface area (Å²) in [5.74, 6) is -0.149. The molecule has 0 aliphatic heterocycles. The lowest BCUT2D eigenvalue weighted by molar-refractivity contribution is 0.0701. The number of aryl methyl sites for hydroxylation is 1. The predicted octanol–water partition coefficient (Wildman–Crippen LogP) is 3.48. The van der Waals surface area contributed by atoms with E-state index in [1.807, 2.05) is 6.07 Å². The molecule has 0 bridgehead atoms. The molecule has 0 N–H and O–H groups in total. The van der Waals surface area contributed by atoms with E-state index in [4.69, 9.17) is 13.6 Å². The first-order valence-corrected chi connectivity index (χ1v) is 7.57. The second-order valence-corrected chi connectivity index (χ2v) is 5.58. The Morgan fingerprint density at radius 3 is 2.70 bits per heavy atom. The Labute approximate surface area is 131 Å². The van der Waals surface area contributed by atoms with Gasteiger partial charge in [-0.25, -0.2) is 9.59 Å². The predicted molar refractivity (Wildman–Crippen MR) is 82.8 cm³/mol. The number of hydrogen-bond donors (Lipinski definition) is 0. The van der Waals surface area contributed by atoms with E-state index in [1.165, 1.54) is 12.3 Å². The van der Waals surface area contributed by atoms with Gasteiger partial charge in [0.2, 0.25) is 5.76 Å². The fraction of sp³-hybridized carbons (Fsp3) is 0.222. The van der Waals surface area contributed by atoms with Gasteiger partial charge in [-0.15, -0.1) is 0 Å². The number of furan rings is 1. The highest BCUT2D eigenvalue weighted by Gasteiger charge is 2.19. The number of carbonyl (C=O) groups excluding carboxylic acids is 1. The van der Waals surface area contributed by atoms with Crippen molar-refractivity contribution in [3.63, 3.8) is 0 Å². The maximum atomic E-state index is 12.1. The summed E-state index contributed by atoms with van der Waals surface area (Å²) < 4.78 is 15.7. The SMILES string of the molecule is O=C(Oc1ccc2c3c(c(=O)oc2c1)CCCC3)c1ccco1. The van der Waals surface area contributed by atoms with Gasteiger partial charge in [-0.05, 0) is 55.5 Å². The highest BCUT2D eigenvalue weighted by Crippen LogP contribution is 2.29. The minimum Gasteiger partial charge on any atom is -0.457 e. The average molecular weight is 310 g/mol. The summed E-state index contributed by atoms with van der Waals surface area (Å²) in [5.41, 5.74) is 2.00. The molecule has 0 saturated carbocycles. The lowest BCUT2D eigenvalue weighted by Crippen LogP contribution is -2.15. The van der Waals surface area contributed by atoms with Gasteiger partial charge in [0.15, 0.2) is 0 Å². The molecule has 1 aliphatic carbocycles. The van der Waals surface area contributed by atoms with Crippen molar-refractivity contribution in [2.24, 2.45) is 0 Å². The molecule has 0 saturated heterocycles. The second kappa shape index (κ2) is 5.43. The summed E-state index contributed by atoms with van der Waals surface area (Å²) >= 11 is 0. The Morgan fingerprint density at radius 2 is 1.91 bits per heavy atom. The number of esters is 1. The van der Waals surface area contributed by atoms with Crippen molar-refractivity contribution < 1.29 is 18.4 Å². The molecule has 3 aromatic rings. The molecule has 1 aromatic carbocycles. The molecule has 0 amide bonds. The maximum Gasteiger partial charge on any atom is 0.379 e. The Balaban J connectivity index is 1.74. The Bertz CT molecular complexity index is 934. The van der Waals surface area contributed by atoms with Gasteiger partial charge < -0.3 is 13.6 Å². The van der Waals surface area contributed by atoms with Crippen LogP contribution in [0, 0.1) is 0 Å². The lowest BCUT2D eigenvalue weighted by atomic mass is 9.91. The van der Waals surface area contributed by atoms with Crippen LogP contribution in [-0.2, 0) is 12.8 Å². The van der Waals surface area contributed by atoms with Crippen molar-refractivity contribution in [3.8, 4) is 5.75 Å². The lowest BCUT2D eigenvalue weighted by Gasteiger charge is -2.16. The van der Waals surface area contributed by atoms with E-state index in [2.05, 4.69) is 0 Å². The zero-order valence-electron chi connectivity index (χ0n) is 12.3. The average Bonchev–Trinajstić information content (AvgIpc) is 3.09. The summed E-state index contributed by atoms with van der Waals surface area (Å²) in [6.45, 7) is 0. The topological polar surface area (TPSA) is 69.7 Å². The summed E-state index contributed by atoms with van der Waals surface area (Å²) in [4.78, 5) is 24.0. The molecule has 0 atom stereocenters. The van der Waals surface area contributed by atoms with Gasteiger partial charge >= 0.3 is 11.6 Å². The maximum absolute atomic E-state index is 12.1. The molecule has 0 unspecified atom stereocenters. The van der Waals surface area contributed by atoms with Gasteiger partial charge in [0.25, 0.3) is 0 Å². The molecule has 5 nitrogen and oxygen atoms in total. The molecule has 116 valence electrons. The minimum absolute atomic E-state index is 0.122. The molecular formula is C18H14O5. The second-order valence-electron chi connectivity index (χ2n) is 5.58. The van der Waals surface area contributed by atoms with Crippen LogP contribution in [0.25, 0.3) is 11.0 Å². The first kappa shape index (κ1) is 13.8. The van der Waals surface area contributed by atoms with Gasteiger partial charge in [-0.2, -0.15) is 0 Å². The first-order chi connectivity index (χ1) is 11.2. The van der Waals surface area contributed by atoms with E-state index >= 15 is 0 Å². The first-order valence-electron chi connectivity index (χ1n) is 7.57. The van der Waals surface area contributed by atoms with Crippen LogP contribution in [0.5, 0.6) is 5.75 Å². The van der Waals surface area contributed by atoms with E-state index < -0.39 is 5.97 Å². The summed E-state index contributed by atoms with van der Waals surface area (Å²) in [7, 11) is 0. The van der Waals surface area contributed by atoms with E-state index in [0.717, 1.165) is 42.2 Å². The van der Waals surface area contributed by atoms with Gasteiger partial charge in [0.05, 0.1) is 6.26 Å². The van der Waals surface area contributed by atoms with Gasteiger partial charge in [-0.1, -0.05) is 0 Å². The van der Waals surface area contributed by atoms with Crippen molar-refractivity contribution in [1.82, 2.24) is 0 Å². The van der Waals surface area contributed by atoms with Gasteiger partial charge in [0.1, 0.15) is 11.3 Å². The number of rotatable bonds is 2. The number of benzene rings is 1. The number of fused-ring (bicyclic) bond motifs is 3. The monoisotopic (exact) mass is 310 g/mol. The van der Waals surface area contributed by atoms with Gasteiger partial charge in [-0.3, -0.25) is 0 Å². The smallest absolute Gasteiger partial charge is 0.379 e. The van der Waals surface area contributed by atoms with Crippen molar-refractivity contribution >= 4 is 16.9 Å². The zero-order chi connectivity index (χ0) is 15.8. The van der Waals surface area contributed by atoms with E-state index in [-0.39, 0.29) is 11.4 Å². The van der Waals surface area contributed by atoms with Crippen LogP contribution in [0.1, 0.15) is 34.5 Å². The minimum atomic E-state index is -0.588. The van der Waals surface area contributed by atoms with Crippen LogP contribution >= 0.6 is 0 Å². The molecule has 23 heavy (non-hydrogen) atoms. The van der Waals surface area contributed by atoms with E-state index in [1.54, 1.807) is 18.2 Å². The molecule has 2 heterocycles. The molecular weight excluding hydrogens is 296 g/mol. The van der Waals surface area contributed by atoms with Crippen molar-refractivity contribution in [3.05, 3.63) is 63.9 Å². The van der Waals surface area contributed by atoms with Crippen molar-refractivity contribution in [2.75, 3.05) is 0 Å². The molecule has 0 spiro atoms. The summed E-state index contributed by atoms with van der Waals surface area (Å²) in [6, 6.07) is 8.26. The Morgan fingerprint density at radius 1 is 1.09 bits per heavy atom. The fourth-order valence-electron chi connectivity index (χ4n) is 3.04. The van der Waals surface area contributed by atoms with Crippen LogP contribution in [-0.4, -0.2) is 5.97 Å². The van der Waals surface area contributed by atoms with E-state index in [0.29, 0.717) is 11.3 Å². The number of carbonyl (C=O) groups is 1. The van der Waals surface area contributed by atoms with Crippen LogP contribution in [0.3, 0.4) is 0 Å². The quantitative estimate of drug-likeness (QED) is 0.412. The molecule has 5 heteroatoms. The highest BCUT2D eigenvalue weighted by molar-refractivity contribution is 5.89. The molecule has 4 rings (SSSR count). The van der Waals surface area contributed by atoms with Crippen LogP contribution in [0.2, 0.25) is 0 Å². The zero-order valence-corrected chi connectivity index (χ0v) is 12.3. The van der Waals surface area contributed by atoms with Crippen LogP contribution in [0.15, 0.2) is 50.2 Å². The standard InChI is InChI=1S/C18H14O5/c19-17-14-5-2-1-4-12(14)13-8-7-11(10-16(13)23-17)22-18(20)15-6-3-9-21-15/h3,6-10H,1-2,4-5H2. The van der Waals surface area contributed by atoms with Crippen molar-refractivity contribution in [2.45, 2.75) is 25.7 Å². The third-order valence-electron chi connectivity index (χ3n) is 4.13. The molecule has 2 aromatic heterocycles. The third kappa shape index (κ3) is 2.44. The van der Waals surface area contributed by atoms with Crippen molar-refractivity contribution in [1.29, 1.82) is 0 Å². The normalized spacial score (nSPS) is 13.7. The van der Waals surface area contributed by atoms with Gasteiger partial charge in [0, 0.05) is 17.0 Å². The number of hydrogen-bond acceptors (Lipinski definition) is 5.